The topological polar surface area (TPSA) is 55.2 Å². The van der Waals surface area contributed by atoms with Gasteiger partial charge in [-0.25, -0.2) is 9.97 Å². The van der Waals surface area contributed by atoms with Crippen LogP contribution in [0.3, 0.4) is 0 Å². The number of aliphatic hydroxyl groups excluding tert-OH is 1. The minimum Gasteiger partial charge on any atom is -0.424 e. The van der Waals surface area contributed by atoms with E-state index >= 15 is 0 Å². The molecule has 0 amide bonds. The van der Waals surface area contributed by atoms with Crippen molar-refractivity contribution in [3.05, 3.63) is 46.7 Å². The number of benzene rings is 1. The third-order valence-electron chi connectivity index (χ3n) is 1.87. The Balaban J connectivity index is 2.14. The van der Waals surface area contributed by atoms with E-state index in [4.69, 9.17) is 9.84 Å². The Labute approximate surface area is 101 Å². The number of aliphatic hydroxyl groups is 1. The number of ether oxygens (including phenoxy) is 1. The maximum absolute atomic E-state index is 8.83. The van der Waals surface area contributed by atoms with Gasteiger partial charge in [0.1, 0.15) is 5.75 Å². The van der Waals surface area contributed by atoms with Crippen molar-refractivity contribution >= 4 is 15.9 Å². The van der Waals surface area contributed by atoms with Crippen molar-refractivity contribution in [3.63, 3.8) is 0 Å². The number of halogens is 1. The number of nitrogens with zero attached hydrogens (tertiary/aromatic N) is 2. The molecule has 0 unspecified atom stereocenters. The first kappa shape index (κ1) is 11.0. The molecule has 0 aliphatic rings. The second-order valence-corrected chi connectivity index (χ2v) is 4.01. The van der Waals surface area contributed by atoms with Crippen LogP contribution in [0.15, 0.2) is 41.1 Å². The summed E-state index contributed by atoms with van der Waals surface area (Å²) in [6.07, 6.45) is 3.06. The zero-order valence-electron chi connectivity index (χ0n) is 8.30. The molecule has 0 spiro atoms. The lowest BCUT2D eigenvalue weighted by Crippen LogP contribution is -1.93. The van der Waals surface area contributed by atoms with Gasteiger partial charge in [0.25, 0.3) is 0 Å². The molecular formula is C11H9BrN2O2. The van der Waals surface area contributed by atoms with Gasteiger partial charge in [-0.15, -0.1) is 0 Å². The van der Waals surface area contributed by atoms with Crippen LogP contribution in [0, 0.1) is 0 Å². The predicted molar refractivity (Wildman–Crippen MR) is 62.2 cm³/mol. The molecule has 1 N–H and O–H groups in total. The van der Waals surface area contributed by atoms with Crippen molar-refractivity contribution in [2.75, 3.05) is 0 Å². The van der Waals surface area contributed by atoms with Gasteiger partial charge < -0.3 is 9.84 Å². The molecule has 1 heterocycles. The van der Waals surface area contributed by atoms with Crippen LogP contribution < -0.4 is 4.74 Å². The molecule has 2 rings (SSSR count). The second-order valence-electron chi connectivity index (χ2n) is 3.09. The summed E-state index contributed by atoms with van der Waals surface area (Å²) in [6.45, 7) is -0.0723. The van der Waals surface area contributed by atoms with Gasteiger partial charge in [0, 0.05) is 22.4 Å². The molecule has 1 aromatic carbocycles. The molecule has 82 valence electrons. The van der Waals surface area contributed by atoms with E-state index in [2.05, 4.69) is 25.9 Å². The molecule has 2 aromatic rings. The van der Waals surface area contributed by atoms with Gasteiger partial charge >= 0.3 is 6.01 Å². The Hall–Kier alpha value is -1.46. The lowest BCUT2D eigenvalue weighted by molar-refractivity contribution is 0.280. The fourth-order valence-corrected chi connectivity index (χ4v) is 1.49. The van der Waals surface area contributed by atoms with E-state index in [1.165, 1.54) is 12.4 Å². The first-order valence-corrected chi connectivity index (χ1v) is 5.42. The molecule has 1 aromatic heterocycles. The molecule has 5 heteroatoms. The van der Waals surface area contributed by atoms with Crippen LogP contribution in [0.4, 0.5) is 0 Å². The standard InChI is InChI=1S/C11H9BrN2O2/c12-9-2-1-3-10(4-9)16-11-13-5-8(7-15)6-14-11/h1-6,15H,7H2. The average Bonchev–Trinajstić information content (AvgIpc) is 2.30. The maximum atomic E-state index is 8.83. The zero-order valence-corrected chi connectivity index (χ0v) is 9.89. The number of rotatable bonds is 3. The van der Waals surface area contributed by atoms with E-state index in [1.54, 1.807) is 0 Å². The van der Waals surface area contributed by atoms with E-state index < -0.39 is 0 Å². The van der Waals surface area contributed by atoms with E-state index in [9.17, 15) is 0 Å². The van der Waals surface area contributed by atoms with Gasteiger partial charge in [-0.1, -0.05) is 22.0 Å². The van der Waals surface area contributed by atoms with Gasteiger partial charge in [-0.3, -0.25) is 0 Å². The van der Waals surface area contributed by atoms with Crippen molar-refractivity contribution in [1.82, 2.24) is 9.97 Å². The van der Waals surface area contributed by atoms with Crippen molar-refractivity contribution in [2.45, 2.75) is 6.61 Å². The van der Waals surface area contributed by atoms with Crippen LogP contribution >= 0.6 is 15.9 Å². The minimum atomic E-state index is -0.0723. The van der Waals surface area contributed by atoms with Crippen LogP contribution in [0.25, 0.3) is 0 Å². The lowest BCUT2D eigenvalue weighted by atomic mass is 10.3. The third kappa shape index (κ3) is 2.77. The molecule has 0 saturated heterocycles. The van der Waals surface area contributed by atoms with Crippen molar-refractivity contribution in [1.29, 1.82) is 0 Å². The Morgan fingerprint density at radius 3 is 2.62 bits per heavy atom. The molecule has 16 heavy (non-hydrogen) atoms. The summed E-state index contributed by atoms with van der Waals surface area (Å²) in [4.78, 5) is 7.93. The summed E-state index contributed by atoms with van der Waals surface area (Å²) < 4.78 is 6.35. The third-order valence-corrected chi connectivity index (χ3v) is 2.36. The first-order valence-electron chi connectivity index (χ1n) is 4.63. The maximum Gasteiger partial charge on any atom is 0.321 e. The highest BCUT2D eigenvalue weighted by Gasteiger charge is 2.00. The van der Waals surface area contributed by atoms with Gasteiger partial charge in [0.05, 0.1) is 6.61 Å². The summed E-state index contributed by atoms with van der Waals surface area (Å²) in [5.41, 5.74) is 0.654. The first-order chi connectivity index (χ1) is 7.78. The lowest BCUT2D eigenvalue weighted by Gasteiger charge is -2.03. The van der Waals surface area contributed by atoms with Gasteiger partial charge in [-0.2, -0.15) is 0 Å². The Morgan fingerprint density at radius 1 is 1.25 bits per heavy atom. The molecule has 4 nitrogen and oxygen atoms in total. The van der Waals surface area contributed by atoms with Crippen LogP contribution in [0.1, 0.15) is 5.56 Å². The highest BCUT2D eigenvalue weighted by atomic mass is 79.9. The van der Waals surface area contributed by atoms with Crippen molar-refractivity contribution < 1.29 is 9.84 Å². The van der Waals surface area contributed by atoms with Crippen molar-refractivity contribution in [2.24, 2.45) is 0 Å². The molecule has 0 saturated carbocycles. The van der Waals surface area contributed by atoms with E-state index in [0.29, 0.717) is 11.3 Å². The van der Waals surface area contributed by atoms with E-state index in [0.717, 1.165) is 4.47 Å². The summed E-state index contributed by atoms with van der Waals surface area (Å²) in [6, 6.07) is 7.66. The highest BCUT2D eigenvalue weighted by Crippen LogP contribution is 2.21. The van der Waals surface area contributed by atoms with Crippen LogP contribution in [-0.4, -0.2) is 15.1 Å². The normalized spacial score (nSPS) is 10.1. The zero-order chi connectivity index (χ0) is 11.4. The number of aromatic nitrogens is 2. The Bertz CT molecular complexity index is 474. The molecule has 0 aliphatic carbocycles. The Morgan fingerprint density at radius 2 is 2.00 bits per heavy atom. The quantitative estimate of drug-likeness (QED) is 0.939. The van der Waals surface area contributed by atoms with Gasteiger partial charge in [0.2, 0.25) is 0 Å². The molecular weight excluding hydrogens is 272 g/mol. The summed E-state index contributed by atoms with van der Waals surface area (Å²) in [5, 5.41) is 8.83. The van der Waals surface area contributed by atoms with Crippen LogP contribution in [-0.2, 0) is 6.61 Å². The Kier molecular flexibility index (Phi) is 3.48. The largest absolute Gasteiger partial charge is 0.424 e. The fourth-order valence-electron chi connectivity index (χ4n) is 1.11. The molecule has 0 atom stereocenters. The van der Waals surface area contributed by atoms with Crippen LogP contribution in [0.2, 0.25) is 0 Å². The van der Waals surface area contributed by atoms with E-state index in [-0.39, 0.29) is 12.6 Å². The monoisotopic (exact) mass is 280 g/mol. The van der Waals surface area contributed by atoms with E-state index in [1.807, 2.05) is 24.3 Å². The fraction of sp³-hybridized carbons (Fsp3) is 0.0909. The SMILES string of the molecule is OCc1cnc(Oc2cccc(Br)c2)nc1. The minimum absolute atomic E-state index is 0.0723. The van der Waals surface area contributed by atoms with Crippen molar-refractivity contribution in [3.8, 4) is 11.8 Å². The predicted octanol–water partition coefficient (Wildman–Crippen LogP) is 2.52. The number of hydrogen-bond acceptors (Lipinski definition) is 4. The molecule has 0 aliphatic heterocycles. The molecule has 0 radical (unpaired) electrons. The number of hydrogen-bond donors (Lipinski definition) is 1. The smallest absolute Gasteiger partial charge is 0.321 e. The highest BCUT2D eigenvalue weighted by molar-refractivity contribution is 9.10. The van der Waals surface area contributed by atoms with Gasteiger partial charge in [0.15, 0.2) is 0 Å². The molecule has 0 fully saturated rings. The molecule has 0 bridgehead atoms. The summed E-state index contributed by atoms with van der Waals surface area (Å²) in [5.74, 6) is 0.658. The summed E-state index contributed by atoms with van der Waals surface area (Å²) >= 11 is 3.34. The average molecular weight is 281 g/mol. The summed E-state index contributed by atoms with van der Waals surface area (Å²) in [7, 11) is 0. The van der Waals surface area contributed by atoms with Gasteiger partial charge in [-0.05, 0) is 18.2 Å². The van der Waals surface area contributed by atoms with Crippen LogP contribution in [0.5, 0.6) is 11.8 Å². The second kappa shape index (κ2) is 5.05.